The van der Waals surface area contributed by atoms with Crippen LogP contribution >= 0.6 is 0 Å². The first-order valence-electron chi connectivity index (χ1n) is 10.7. The quantitative estimate of drug-likeness (QED) is 0.652. The number of likely N-dealkylation sites (tertiary alicyclic amines) is 1. The van der Waals surface area contributed by atoms with Crippen LogP contribution in [0.15, 0.2) is 28.8 Å². The Morgan fingerprint density at radius 3 is 2.87 bits per heavy atom. The lowest BCUT2D eigenvalue weighted by Crippen LogP contribution is -2.45. The zero-order valence-electron chi connectivity index (χ0n) is 17.4. The number of nitrogens with zero attached hydrogens (tertiary/aromatic N) is 4. The number of hydrogen-bond acceptors (Lipinski definition) is 8. The molecule has 0 spiro atoms. The van der Waals surface area contributed by atoms with Crippen LogP contribution in [0.4, 0.5) is 0 Å². The van der Waals surface area contributed by atoms with Crippen molar-refractivity contribution >= 4 is 0 Å². The van der Waals surface area contributed by atoms with Crippen molar-refractivity contribution in [1.29, 1.82) is 5.26 Å². The van der Waals surface area contributed by atoms with E-state index < -0.39 is 5.60 Å². The minimum absolute atomic E-state index is 0.0605. The maximum absolute atomic E-state index is 9.17. The molecule has 0 radical (unpaired) electrons. The molecular formula is C22H28N4O4. The number of piperidine rings is 1. The summed E-state index contributed by atoms with van der Waals surface area (Å²) in [5.74, 6) is 1.83. The van der Waals surface area contributed by atoms with Crippen molar-refractivity contribution < 1.29 is 18.7 Å². The standard InChI is InChI=1S/C22H28N4O4/c1-2-29-22(21-24-20(25-30-21)19-8-5-14-27-19)9-11-26(12-10-22)13-15-28-18-7-4-3-6-17(18)16-23/h3-4,6-7,19H,2,5,8-15H2,1H3/t19-/m1/s1. The Bertz CT molecular complexity index is 864. The van der Waals surface area contributed by atoms with Crippen LogP contribution in [0.1, 0.15) is 56.0 Å². The van der Waals surface area contributed by atoms with Crippen LogP contribution in [-0.2, 0) is 15.1 Å². The molecule has 0 saturated carbocycles. The third-order valence-corrected chi connectivity index (χ3v) is 5.81. The molecule has 8 heteroatoms. The van der Waals surface area contributed by atoms with Crippen LogP contribution in [0.3, 0.4) is 0 Å². The van der Waals surface area contributed by atoms with Crippen LogP contribution in [0.25, 0.3) is 0 Å². The fourth-order valence-electron chi connectivity index (χ4n) is 4.14. The molecule has 1 aromatic heterocycles. The molecule has 2 fully saturated rings. The summed E-state index contributed by atoms with van der Waals surface area (Å²) >= 11 is 0. The zero-order valence-corrected chi connectivity index (χ0v) is 17.4. The first-order valence-corrected chi connectivity index (χ1v) is 10.7. The summed E-state index contributed by atoms with van der Waals surface area (Å²) in [6.07, 6.45) is 3.46. The van der Waals surface area contributed by atoms with E-state index in [-0.39, 0.29) is 6.10 Å². The molecule has 0 bridgehead atoms. The van der Waals surface area contributed by atoms with Gasteiger partial charge in [0.05, 0.1) is 5.56 Å². The van der Waals surface area contributed by atoms with Gasteiger partial charge in [0.15, 0.2) is 0 Å². The van der Waals surface area contributed by atoms with Gasteiger partial charge in [0.1, 0.15) is 30.1 Å². The van der Waals surface area contributed by atoms with E-state index in [2.05, 4.69) is 21.1 Å². The molecule has 160 valence electrons. The largest absolute Gasteiger partial charge is 0.491 e. The van der Waals surface area contributed by atoms with Gasteiger partial charge in [0, 0.05) is 32.8 Å². The summed E-state index contributed by atoms with van der Waals surface area (Å²) in [7, 11) is 0. The van der Waals surface area contributed by atoms with E-state index in [1.54, 1.807) is 6.07 Å². The minimum Gasteiger partial charge on any atom is -0.491 e. The second kappa shape index (κ2) is 9.56. The second-order valence-electron chi connectivity index (χ2n) is 7.68. The minimum atomic E-state index is -0.538. The monoisotopic (exact) mass is 412 g/mol. The summed E-state index contributed by atoms with van der Waals surface area (Å²) in [4.78, 5) is 6.99. The van der Waals surface area contributed by atoms with Gasteiger partial charge in [-0.2, -0.15) is 10.2 Å². The number of para-hydroxylation sites is 1. The van der Waals surface area contributed by atoms with E-state index in [1.807, 2.05) is 25.1 Å². The summed E-state index contributed by atoms with van der Waals surface area (Å²) in [5, 5.41) is 13.3. The fraction of sp³-hybridized carbons (Fsp3) is 0.591. The first-order chi connectivity index (χ1) is 14.7. The third-order valence-electron chi connectivity index (χ3n) is 5.81. The van der Waals surface area contributed by atoms with Gasteiger partial charge in [-0.15, -0.1) is 0 Å². The SMILES string of the molecule is CCOC1(c2nc([C@H]3CCCO3)no2)CCN(CCOc2ccccc2C#N)CC1. The molecule has 2 saturated heterocycles. The van der Waals surface area contributed by atoms with Crippen LogP contribution in [0.2, 0.25) is 0 Å². The van der Waals surface area contributed by atoms with Gasteiger partial charge >= 0.3 is 0 Å². The second-order valence-corrected chi connectivity index (χ2v) is 7.68. The van der Waals surface area contributed by atoms with Crippen LogP contribution in [0, 0.1) is 11.3 Å². The smallest absolute Gasteiger partial charge is 0.259 e. The van der Waals surface area contributed by atoms with E-state index in [0.29, 0.717) is 36.2 Å². The van der Waals surface area contributed by atoms with Crippen molar-refractivity contribution in [1.82, 2.24) is 15.0 Å². The van der Waals surface area contributed by atoms with E-state index in [0.717, 1.165) is 51.9 Å². The molecule has 2 aromatic rings. The molecule has 2 aliphatic heterocycles. The summed E-state index contributed by atoms with van der Waals surface area (Å²) < 4.78 is 23.3. The maximum atomic E-state index is 9.17. The molecule has 4 rings (SSSR count). The topological polar surface area (TPSA) is 93.6 Å². The van der Waals surface area contributed by atoms with Gasteiger partial charge in [0.2, 0.25) is 5.82 Å². The number of ether oxygens (including phenoxy) is 3. The van der Waals surface area contributed by atoms with Gasteiger partial charge in [-0.1, -0.05) is 17.3 Å². The van der Waals surface area contributed by atoms with Crippen LogP contribution in [-0.4, -0.2) is 54.5 Å². The van der Waals surface area contributed by atoms with Crippen molar-refractivity contribution in [3.05, 3.63) is 41.5 Å². The number of aromatic nitrogens is 2. The molecule has 3 heterocycles. The van der Waals surface area contributed by atoms with Gasteiger partial charge in [0.25, 0.3) is 5.89 Å². The predicted molar refractivity (Wildman–Crippen MR) is 108 cm³/mol. The average Bonchev–Trinajstić information content (AvgIpc) is 3.48. The molecule has 1 atom stereocenters. The van der Waals surface area contributed by atoms with Crippen molar-refractivity contribution in [2.45, 2.75) is 44.3 Å². The highest BCUT2D eigenvalue weighted by molar-refractivity contribution is 5.42. The fourth-order valence-corrected chi connectivity index (χ4v) is 4.14. The number of rotatable bonds is 8. The molecule has 8 nitrogen and oxygen atoms in total. The van der Waals surface area contributed by atoms with E-state index in [9.17, 15) is 5.26 Å². The summed E-state index contributed by atoms with van der Waals surface area (Å²) in [6.45, 7) is 6.34. The molecule has 0 amide bonds. The number of hydrogen-bond donors (Lipinski definition) is 0. The van der Waals surface area contributed by atoms with Crippen molar-refractivity contribution in [2.75, 3.05) is 39.5 Å². The molecule has 0 unspecified atom stereocenters. The number of nitriles is 1. The molecule has 0 N–H and O–H groups in total. The molecule has 1 aromatic carbocycles. The van der Waals surface area contributed by atoms with E-state index in [4.69, 9.17) is 18.7 Å². The highest BCUT2D eigenvalue weighted by Crippen LogP contribution is 2.37. The Morgan fingerprint density at radius 1 is 1.30 bits per heavy atom. The molecule has 2 aliphatic rings. The maximum Gasteiger partial charge on any atom is 0.259 e. The average molecular weight is 412 g/mol. The van der Waals surface area contributed by atoms with Crippen LogP contribution in [0.5, 0.6) is 5.75 Å². The third kappa shape index (κ3) is 4.48. The predicted octanol–water partition coefficient (Wildman–Crippen LogP) is 3.20. The lowest BCUT2D eigenvalue weighted by Gasteiger charge is -2.38. The summed E-state index contributed by atoms with van der Waals surface area (Å²) in [5.41, 5.74) is 0.0218. The Hall–Kier alpha value is -2.47. The van der Waals surface area contributed by atoms with Crippen molar-refractivity contribution in [3.8, 4) is 11.8 Å². The molecule has 0 aliphatic carbocycles. The molecule has 30 heavy (non-hydrogen) atoms. The van der Waals surface area contributed by atoms with Gasteiger partial charge in [-0.05, 0) is 44.7 Å². The lowest BCUT2D eigenvalue weighted by molar-refractivity contribution is -0.104. The van der Waals surface area contributed by atoms with Gasteiger partial charge < -0.3 is 18.7 Å². The van der Waals surface area contributed by atoms with Gasteiger partial charge in [-0.25, -0.2) is 0 Å². The lowest BCUT2D eigenvalue weighted by atomic mass is 9.90. The summed E-state index contributed by atoms with van der Waals surface area (Å²) in [6, 6.07) is 9.47. The van der Waals surface area contributed by atoms with E-state index >= 15 is 0 Å². The Morgan fingerprint density at radius 2 is 2.13 bits per heavy atom. The highest BCUT2D eigenvalue weighted by atomic mass is 16.5. The first kappa shape index (κ1) is 20.8. The van der Waals surface area contributed by atoms with E-state index in [1.165, 1.54) is 0 Å². The normalized spacial score (nSPS) is 21.4. The van der Waals surface area contributed by atoms with Crippen LogP contribution < -0.4 is 4.74 Å². The Kier molecular flexibility index (Phi) is 6.62. The number of benzene rings is 1. The highest BCUT2D eigenvalue weighted by Gasteiger charge is 2.42. The van der Waals surface area contributed by atoms with Crippen molar-refractivity contribution in [3.63, 3.8) is 0 Å². The zero-order chi connectivity index (χ0) is 20.8. The van der Waals surface area contributed by atoms with Crippen molar-refractivity contribution in [2.24, 2.45) is 0 Å². The Balaban J connectivity index is 1.33. The Labute approximate surface area is 176 Å². The van der Waals surface area contributed by atoms with Gasteiger partial charge in [-0.3, -0.25) is 4.90 Å². The molecular weight excluding hydrogens is 384 g/mol.